The van der Waals surface area contributed by atoms with Crippen LogP contribution < -0.4 is 15.8 Å². The molecule has 6 heteroatoms. The average Bonchev–Trinajstić information content (AvgIpc) is 3.27. The van der Waals surface area contributed by atoms with Gasteiger partial charge in [-0.15, -0.1) is 0 Å². The van der Waals surface area contributed by atoms with Crippen LogP contribution in [0, 0.1) is 5.92 Å². The molecule has 1 unspecified atom stereocenters. The van der Waals surface area contributed by atoms with Crippen LogP contribution in [0.15, 0.2) is 11.0 Å². The van der Waals surface area contributed by atoms with Gasteiger partial charge in [0.05, 0.1) is 11.2 Å². The lowest BCUT2D eigenvalue weighted by molar-refractivity contribution is 0.442. The van der Waals surface area contributed by atoms with Crippen LogP contribution in [0.2, 0.25) is 5.02 Å². The minimum atomic E-state index is -0.0579. The predicted octanol–water partition coefficient (Wildman–Crippen LogP) is 1.49. The number of aromatic nitrogens is 2. The Labute approximate surface area is 123 Å². The largest absolute Gasteiger partial charge is 0.365 e. The van der Waals surface area contributed by atoms with E-state index in [1.807, 2.05) is 11.9 Å². The molecule has 20 heavy (non-hydrogen) atoms. The van der Waals surface area contributed by atoms with Gasteiger partial charge < -0.3 is 10.2 Å². The lowest BCUT2D eigenvalue weighted by atomic mass is 10.1. The Balaban J connectivity index is 1.87. The third kappa shape index (κ3) is 2.83. The molecule has 2 heterocycles. The van der Waals surface area contributed by atoms with E-state index in [9.17, 15) is 4.79 Å². The van der Waals surface area contributed by atoms with E-state index in [0.29, 0.717) is 22.7 Å². The second-order valence-electron chi connectivity index (χ2n) is 5.88. The second-order valence-corrected chi connectivity index (χ2v) is 6.29. The van der Waals surface area contributed by atoms with Gasteiger partial charge in [0.1, 0.15) is 5.69 Å². The average molecular weight is 297 g/mol. The molecule has 1 aliphatic heterocycles. The van der Waals surface area contributed by atoms with Crippen LogP contribution in [0.4, 0.5) is 5.69 Å². The van der Waals surface area contributed by atoms with Crippen molar-refractivity contribution >= 4 is 17.3 Å². The van der Waals surface area contributed by atoms with Crippen LogP contribution in [0.1, 0.15) is 25.7 Å². The normalized spacial score (nSPS) is 22.8. The quantitative estimate of drug-likeness (QED) is 0.915. The molecular formula is C14H21ClN4O. The third-order valence-electron chi connectivity index (χ3n) is 4.27. The summed E-state index contributed by atoms with van der Waals surface area (Å²) in [6, 6.07) is 0.325. The molecule has 110 valence electrons. The van der Waals surface area contributed by atoms with Crippen molar-refractivity contribution in [2.45, 2.75) is 38.3 Å². The number of hydrogen-bond acceptors (Lipinski definition) is 4. The molecule has 3 rings (SSSR count). The van der Waals surface area contributed by atoms with E-state index in [1.165, 1.54) is 12.8 Å². The van der Waals surface area contributed by atoms with E-state index in [2.05, 4.69) is 10.4 Å². The summed E-state index contributed by atoms with van der Waals surface area (Å²) in [5.41, 5.74) is 0.536. The molecule has 1 N–H and O–H groups in total. The fourth-order valence-electron chi connectivity index (χ4n) is 2.80. The van der Waals surface area contributed by atoms with Crippen LogP contribution in [0.25, 0.3) is 0 Å². The standard InChI is InChI=1S/C14H21ClN4O/c1-18(11-3-2-6-16-7-11)13-12(15)8-17-19(14(13)20)9-10-4-5-10/h8,10-11,16H,2-7,9H2,1H3. The molecule has 0 radical (unpaired) electrons. The fourth-order valence-corrected chi connectivity index (χ4v) is 3.06. The number of halogens is 1. The van der Waals surface area contributed by atoms with Gasteiger partial charge in [-0.25, -0.2) is 4.68 Å². The minimum absolute atomic E-state index is 0.0579. The Kier molecular flexibility index (Phi) is 3.98. The summed E-state index contributed by atoms with van der Waals surface area (Å²) in [6.07, 6.45) is 6.23. The predicted molar refractivity (Wildman–Crippen MR) is 80.5 cm³/mol. The van der Waals surface area contributed by atoms with Gasteiger partial charge in [-0.3, -0.25) is 4.79 Å². The Morgan fingerprint density at radius 3 is 2.95 bits per heavy atom. The molecule has 1 atom stereocenters. The summed E-state index contributed by atoms with van der Waals surface area (Å²) >= 11 is 6.23. The number of rotatable bonds is 4. The van der Waals surface area contributed by atoms with Crippen LogP contribution >= 0.6 is 11.6 Å². The van der Waals surface area contributed by atoms with Crippen LogP contribution in [-0.4, -0.2) is 36.0 Å². The van der Waals surface area contributed by atoms with Gasteiger partial charge in [-0.05, 0) is 38.1 Å². The molecule has 2 fully saturated rings. The van der Waals surface area contributed by atoms with Gasteiger partial charge in [-0.2, -0.15) is 5.10 Å². The van der Waals surface area contributed by atoms with Gasteiger partial charge in [0.25, 0.3) is 5.56 Å². The van der Waals surface area contributed by atoms with Gasteiger partial charge in [0, 0.05) is 26.2 Å². The highest BCUT2D eigenvalue weighted by Gasteiger charge is 2.26. The summed E-state index contributed by atoms with van der Waals surface area (Å²) in [4.78, 5) is 14.6. The molecule has 1 aromatic heterocycles. The van der Waals surface area contributed by atoms with Crippen molar-refractivity contribution in [1.82, 2.24) is 15.1 Å². The first kappa shape index (κ1) is 13.9. The lowest BCUT2D eigenvalue weighted by Gasteiger charge is -2.33. The molecule has 1 aromatic rings. The molecule has 0 aromatic carbocycles. The molecule has 0 spiro atoms. The Morgan fingerprint density at radius 1 is 1.50 bits per heavy atom. The van der Waals surface area contributed by atoms with Crippen molar-refractivity contribution in [2.24, 2.45) is 5.92 Å². The molecule has 2 aliphatic rings. The molecule has 1 saturated carbocycles. The van der Waals surface area contributed by atoms with Gasteiger partial charge >= 0.3 is 0 Å². The maximum absolute atomic E-state index is 12.6. The highest BCUT2D eigenvalue weighted by atomic mass is 35.5. The fraction of sp³-hybridized carbons (Fsp3) is 0.714. The Hall–Kier alpha value is -1.07. The maximum Gasteiger partial charge on any atom is 0.291 e. The zero-order chi connectivity index (χ0) is 14.1. The summed E-state index contributed by atoms with van der Waals surface area (Å²) in [6.45, 7) is 2.68. The first-order chi connectivity index (χ1) is 9.66. The lowest BCUT2D eigenvalue weighted by Crippen LogP contribution is -2.46. The Morgan fingerprint density at radius 2 is 2.30 bits per heavy atom. The first-order valence-electron chi connectivity index (χ1n) is 7.36. The number of nitrogens with zero attached hydrogens (tertiary/aromatic N) is 3. The highest BCUT2D eigenvalue weighted by Crippen LogP contribution is 2.30. The third-order valence-corrected chi connectivity index (χ3v) is 4.55. The molecule has 1 saturated heterocycles. The molecule has 1 aliphatic carbocycles. The van der Waals surface area contributed by atoms with E-state index < -0.39 is 0 Å². The highest BCUT2D eigenvalue weighted by molar-refractivity contribution is 6.33. The summed E-state index contributed by atoms with van der Waals surface area (Å²) in [5, 5.41) is 8.00. The number of anilines is 1. The summed E-state index contributed by atoms with van der Waals surface area (Å²) in [5.74, 6) is 0.621. The van der Waals surface area contributed by atoms with Crippen LogP contribution in [0.3, 0.4) is 0 Å². The van der Waals surface area contributed by atoms with Crippen LogP contribution in [-0.2, 0) is 6.54 Å². The zero-order valence-electron chi connectivity index (χ0n) is 11.8. The van der Waals surface area contributed by atoms with Crippen molar-refractivity contribution in [1.29, 1.82) is 0 Å². The van der Waals surface area contributed by atoms with Gasteiger partial charge in [0.15, 0.2) is 0 Å². The number of nitrogens with one attached hydrogen (secondary N) is 1. The molecular weight excluding hydrogens is 276 g/mol. The van der Waals surface area contributed by atoms with Crippen molar-refractivity contribution in [3.05, 3.63) is 21.6 Å². The molecule has 0 amide bonds. The van der Waals surface area contributed by atoms with Crippen LogP contribution in [0.5, 0.6) is 0 Å². The smallest absolute Gasteiger partial charge is 0.291 e. The minimum Gasteiger partial charge on any atom is -0.365 e. The van der Waals surface area contributed by atoms with Crippen molar-refractivity contribution in [2.75, 3.05) is 25.0 Å². The van der Waals surface area contributed by atoms with Gasteiger partial charge in [0.2, 0.25) is 0 Å². The maximum atomic E-state index is 12.6. The van der Waals surface area contributed by atoms with E-state index in [0.717, 1.165) is 32.5 Å². The van der Waals surface area contributed by atoms with Crippen molar-refractivity contribution < 1.29 is 0 Å². The molecule has 0 bridgehead atoms. The molecule has 5 nitrogen and oxygen atoms in total. The zero-order valence-corrected chi connectivity index (χ0v) is 12.6. The Bertz CT molecular complexity index is 534. The van der Waals surface area contributed by atoms with E-state index >= 15 is 0 Å². The summed E-state index contributed by atoms with van der Waals surface area (Å²) in [7, 11) is 1.96. The SMILES string of the molecule is CN(c1c(Cl)cnn(CC2CC2)c1=O)C1CCCNC1. The van der Waals surface area contributed by atoms with E-state index in [1.54, 1.807) is 10.9 Å². The monoisotopic (exact) mass is 296 g/mol. The summed E-state index contributed by atoms with van der Waals surface area (Å²) < 4.78 is 1.58. The topological polar surface area (TPSA) is 50.2 Å². The second kappa shape index (κ2) is 5.74. The number of likely N-dealkylation sites (N-methyl/N-ethyl adjacent to an activating group) is 1. The van der Waals surface area contributed by atoms with E-state index in [-0.39, 0.29) is 5.56 Å². The van der Waals surface area contributed by atoms with Gasteiger partial charge in [-0.1, -0.05) is 11.6 Å². The number of piperidine rings is 1. The number of hydrogen-bond donors (Lipinski definition) is 1. The first-order valence-corrected chi connectivity index (χ1v) is 7.74. The van der Waals surface area contributed by atoms with E-state index in [4.69, 9.17) is 11.6 Å². The van der Waals surface area contributed by atoms with Crippen molar-refractivity contribution in [3.8, 4) is 0 Å². The van der Waals surface area contributed by atoms with Crippen molar-refractivity contribution in [3.63, 3.8) is 0 Å².